The van der Waals surface area contributed by atoms with Gasteiger partial charge >= 0.3 is 0 Å². The van der Waals surface area contributed by atoms with Gasteiger partial charge in [-0.2, -0.15) is 0 Å². The van der Waals surface area contributed by atoms with Crippen molar-refractivity contribution in [3.63, 3.8) is 0 Å². The van der Waals surface area contributed by atoms with Crippen molar-refractivity contribution < 1.29 is 0 Å². The molecule has 0 amide bonds. The highest BCUT2D eigenvalue weighted by Crippen LogP contribution is 2.44. The van der Waals surface area contributed by atoms with Crippen LogP contribution in [-0.4, -0.2) is 33.0 Å². The molecule has 0 bridgehead atoms. The van der Waals surface area contributed by atoms with Crippen LogP contribution in [0.2, 0.25) is 0 Å². The first-order chi connectivity index (χ1) is 18.0. The van der Waals surface area contributed by atoms with Gasteiger partial charge in [0, 0.05) is 35.6 Å². The van der Waals surface area contributed by atoms with Crippen molar-refractivity contribution >= 4 is 22.4 Å². The van der Waals surface area contributed by atoms with Crippen molar-refractivity contribution in [3.05, 3.63) is 72.3 Å². The molecule has 1 saturated carbocycles. The van der Waals surface area contributed by atoms with Gasteiger partial charge in [-0.3, -0.25) is 4.98 Å². The van der Waals surface area contributed by atoms with Crippen LogP contribution < -0.4 is 16.4 Å². The van der Waals surface area contributed by atoms with E-state index in [4.69, 9.17) is 15.7 Å². The number of nitrogens with two attached hydrogens (primary N) is 1. The molecule has 4 aromatic rings. The third kappa shape index (κ3) is 4.69. The van der Waals surface area contributed by atoms with Crippen LogP contribution in [0.15, 0.2) is 61.1 Å². The maximum atomic E-state index is 7.16. The lowest BCUT2D eigenvalue weighted by molar-refractivity contribution is 0.128. The van der Waals surface area contributed by atoms with E-state index in [1.54, 1.807) is 6.20 Å². The number of fused-ring (bicyclic) bond motifs is 1. The minimum absolute atomic E-state index is 0.0716. The molecular weight excluding hydrogens is 458 g/mol. The van der Waals surface area contributed by atoms with Crippen LogP contribution >= 0.6 is 0 Å². The second kappa shape index (κ2) is 9.80. The molecule has 3 aromatic heterocycles. The number of rotatable bonds is 6. The predicted octanol–water partition coefficient (Wildman–Crippen LogP) is 5.73. The Morgan fingerprint density at radius 1 is 1.05 bits per heavy atom. The number of hydrogen-bond donors (Lipinski definition) is 3. The topological polar surface area (TPSA) is 102 Å². The molecule has 1 aliphatic carbocycles. The van der Waals surface area contributed by atoms with E-state index in [1.807, 2.05) is 54.9 Å². The molecule has 2 unspecified atom stereocenters. The molecule has 1 saturated heterocycles. The quantitative estimate of drug-likeness (QED) is 0.315. The lowest BCUT2D eigenvalue weighted by atomic mass is 9.69. The first-order valence-corrected chi connectivity index (χ1v) is 13.4. The van der Waals surface area contributed by atoms with E-state index in [0.29, 0.717) is 17.7 Å². The fraction of sp³-hybridized carbons (Fsp3) is 0.400. The molecule has 7 heteroatoms. The van der Waals surface area contributed by atoms with Crippen LogP contribution in [0.4, 0.5) is 11.5 Å². The zero-order valence-corrected chi connectivity index (χ0v) is 21.6. The Morgan fingerprint density at radius 2 is 1.89 bits per heavy atom. The SMILES string of the molecule is CC1(C)CNCCC1C(N)c1nc(-c2ccnc(Nc3ccccc3)c2)nc2cncc(C3CCC3)c12. The van der Waals surface area contributed by atoms with Gasteiger partial charge in [0.25, 0.3) is 0 Å². The van der Waals surface area contributed by atoms with Crippen LogP contribution in [0.3, 0.4) is 0 Å². The summed E-state index contributed by atoms with van der Waals surface area (Å²) in [5.41, 5.74) is 12.2. The average Bonchev–Trinajstić information content (AvgIpc) is 2.87. The molecule has 2 aliphatic rings. The van der Waals surface area contributed by atoms with Crippen LogP contribution in [-0.2, 0) is 0 Å². The molecule has 0 spiro atoms. The van der Waals surface area contributed by atoms with Gasteiger partial charge in [0.05, 0.1) is 23.4 Å². The Hall–Kier alpha value is -3.42. The smallest absolute Gasteiger partial charge is 0.160 e. The molecular formula is C30H35N7. The summed E-state index contributed by atoms with van der Waals surface area (Å²) >= 11 is 0. The normalized spacial score (nSPS) is 20.4. The van der Waals surface area contributed by atoms with Crippen LogP contribution in [0.1, 0.15) is 62.7 Å². The number of nitrogens with zero attached hydrogens (tertiary/aromatic N) is 4. The Balaban J connectivity index is 1.47. The van der Waals surface area contributed by atoms with Gasteiger partial charge < -0.3 is 16.4 Å². The summed E-state index contributed by atoms with van der Waals surface area (Å²) in [6.45, 7) is 6.56. The van der Waals surface area contributed by atoms with Gasteiger partial charge in [-0.25, -0.2) is 15.0 Å². The summed E-state index contributed by atoms with van der Waals surface area (Å²) in [5.74, 6) is 2.24. The first kappa shape index (κ1) is 23.9. The Kier molecular flexibility index (Phi) is 6.34. The van der Waals surface area contributed by atoms with Gasteiger partial charge in [-0.05, 0) is 72.9 Å². The van der Waals surface area contributed by atoms with Crippen molar-refractivity contribution in [1.29, 1.82) is 0 Å². The molecule has 37 heavy (non-hydrogen) atoms. The molecule has 6 rings (SSSR count). The third-order valence-corrected chi connectivity index (χ3v) is 8.24. The van der Waals surface area contributed by atoms with Gasteiger partial charge in [-0.1, -0.05) is 38.5 Å². The van der Waals surface area contributed by atoms with Crippen LogP contribution in [0.25, 0.3) is 22.3 Å². The van der Waals surface area contributed by atoms with Gasteiger partial charge in [0.15, 0.2) is 5.82 Å². The number of pyridine rings is 2. The average molecular weight is 494 g/mol. The molecule has 0 radical (unpaired) electrons. The molecule has 1 aromatic carbocycles. The predicted molar refractivity (Wildman–Crippen MR) is 149 cm³/mol. The molecule has 4 heterocycles. The molecule has 2 atom stereocenters. The Morgan fingerprint density at radius 3 is 2.65 bits per heavy atom. The number of nitrogens with one attached hydrogen (secondary N) is 2. The fourth-order valence-corrected chi connectivity index (χ4v) is 5.89. The summed E-state index contributed by atoms with van der Waals surface area (Å²) in [6.07, 6.45) is 10.4. The summed E-state index contributed by atoms with van der Waals surface area (Å²) in [7, 11) is 0. The highest BCUT2D eigenvalue weighted by molar-refractivity contribution is 5.86. The van der Waals surface area contributed by atoms with Gasteiger partial charge in [0.1, 0.15) is 5.82 Å². The lowest BCUT2D eigenvalue weighted by Crippen LogP contribution is -2.47. The monoisotopic (exact) mass is 493 g/mol. The number of hydrogen-bond acceptors (Lipinski definition) is 7. The van der Waals surface area contributed by atoms with Gasteiger partial charge in [0.2, 0.25) is 0 Å². The first-order valence-electron chi connectivity index (χ1n) is 13.4. The van der Waals surface area contributed by atoms with E-state index in [9.17, 15) is 0 Å². The highest BCUT2D eigenvalue weighted by Gasteiger charge is 2.39. The zero-order valence-electron chi connectivity index (χ0n) is 21.6. The number of anilines is 2. The highest BCUT2D eigenvalue weighted by atomic mass is 15.0. The molecule has 4 N–H and O–H groups in total. The molecule has 2 fully saturated rings. The van der Waals surface area contributed by atoms with Crippen molar-refractivity contribution in [2.75, 3.05) is 18.4 Å². The number of para-hydroxylation sites is 1. The Bertz CT molecular complexity index is 1400. The van der Waals surface area contributed by atoms with Crippen LogP contribution in [0.5, 0.6) is 0 Å². The van der Waals surface area contributed by atoms with E-state index in [-0.39, 0.29) is 11.5 Å². The van der Waals surface area contributed by atoms with E-state index in [2.05, 4.69) is 34.4 Å². The summed E-state index contributed by atoms with van der Waals surface area (Å²) in [6, 6.07) is 13.8. The maximum Gasteiger partial charge on any atom is 0.160 e. The van der Waals surface area contributed by atoms with Crippen molar-refractivity contribution in [2.45, 2.75) is 51.5 Å². The summed E-state index contributed by atoms with van der Waals surface area (Å²) < 4.78 is 0. The molecule has 190 valence electrons. The largest absolute Gasteiger partial charge is 0.340 e. The second-order valence-corrected chi connectivity index (χ2v) is 11.2. The maximum absolute atomic E-state index is 7.16. The number of piperidine rings is 1. The molecule has 7 nitrogen and oxygen atoms in total. The van der Waals surface area contributed by atoms with E-state index < -0.39 is 0 Å². The van der Waals surface area contributed by atoms with Gasteiger partial charge in [-0.15, -0.1) is 0 Å². The van der Waals surface area contributed by atoms with Crippen LogP contribution in [0, 0.1) is 11.3 Å². The molecule has 1 aliphatic heterocycles. The lowest BCUT2D eigenvalue weighted by Gasteiger charge is -2.42. The minimum Gasteiger partial charge on any atom is -0.340 e. The third-order valence-electron chi connectivity index (χ3n) is 8.24. The van der Waals surface area contributed by atoms with Crippen molar-refractivity contribution in [3.8, 4) is 11.4 Å². The standard InChI is InChI=1S/C30H35N7/c1-30(2)18-32-13-12-23(30)27(31)28-26-22(19-7-6-8-19)16-33-17-24(26)36-29(37-28)20-11-14-34-25(15-20)35-21-9-4-3-5-10-21/h3-5,9-11,14-17,19,23,27,32H,6-8,12-13,18,31H2,1-2H3,(H,34,35). The van der Waals surface area contributed by atoms with Crippen molar-refractivity contribution in [1.82, 2.24) is 25.3 Å². The van der Waals surface area contributed by atoms with E-state index >= 15 is 0 Å². The number of aromatic nitrogens is 4. The minimum atomic E-state index is -0.189. The zero-order chi connectivity index (χ0) is 25.4. The van der Waals surface area contributed by atoms with E-state index in [1.165, 1.54) is 24.8 Å². The summed E-state index contributed by atoms with van der Waals surface area (Å²) in [5, 5.41) is 8.04. The van der Waals surface area contributed by atoms with Crippen molar-refractivity contribution in [2.24, 2.45) is 17.1 Å². The van der Waals surface area contributed by atoms with E-state index in [0.717, 1.165) is 53.2 Å². The number of benzene rings is 1. The fourth-order valence-electron chi connectivity index (χ4n) is 5.89. The second-order valence-electron chi connectivity index (χ2n) is 11.2. The Labute approximate surface area is 218 Å². The summed E-state index contributed by atoms with van der Waals surface area (Å²) in [4.78, 5) is 19.4.